The van der Waals surface area contributed by atoms with Gasteiger partial charge in [0, 0.05) is 19.1 Å². The molecule has 1 aromatic rings. The second-order valence-corrected chi connectivity index (χ2v) is 5.24. The van der Waals surface area contributed by atoms with Gasteiger partial charge in [-0.05, 0) is 40.9 Å². The number of ether oxygens (including phenoxy) is 1. The fraction of sp³-hybridized carbons (Fsp3) is 0.417. The normalized spacial score (nSPS) is 15.9. The summed E-state index contributed by atoms with van der Waals surface area (Å²) < 4.78 is 18.9. The first kappa shape index (κ1) is 14.9. The van der Waals surface area contributed by atoms with E-state index in [4.69, 9.17) is 4.74 Å². The fourth-order valence-corrected chi connectivity index (χ4v) is 2.33. The molecule has 1 N–H and O–H groups in total. The number of nitrogens with zero attached hydrogens (tertiary/aromatic N) is 1. The van der Waals surface area contributed by atoms with Crippen LogP contribution in [0.2, 0.25) is 0 Å². The Kier molecular flexibility index (Phi) is 4.66. The van der Waals surface area contributed by atoms with E-state index < -0.39 is 16.4 Å². The summed E-state index contributed by atoms with van der Waals surface area (Å²) >= 11 is 2.88. The second kappa shape index (κ2) is 6.27. The number of nitro benzene ring substituents is 1. The van der Waals surface area contributed by atoms with Gasteiger partial charge in [-0.2, -0.15) is 4.39 Å². The molecule has 0 radical (unpaired) electrons. The predicted molar refractivity (Wildman–Crippen MR) is 72.9 cm³/mol. The van der Waals surface area contributed by atoms with Gasteiger partial charge in [-0.15, -0.1) is 0 Å². The summed E-state index contributed by atoms with van der Waals surface area (Å²) in [7, 11) is 0. The van der Waals surface area contributed by atoms with Gasteiger partial charge in [-0.1, -0.05) is 0 Å². The van der Waals surface area contributed by atoms with E-state index in [-0.39, 0.29) is 22.0 Å². The van der Waals surface area contributed by atoms with Gasteiger partial charge >= 0.3 is 5.69 Å². The van der Waals surface area contributed by atoms with E-state index in [1.807, 2.05) is 0 Å². The Hall–Kier alpha value is -1.54. The maximum atomic E-state index is 13.7. The van der Waals surface area contributed by atoms with Crippen molar-refractivity contribution in [3.05, 3.63) is 32.5 Å². The Morgan fingerprint density at radius 2 is 2.10 bits per heavy atom. The van der Waals surface area contributed by atoms with Gasteiger partial charge in [0.05, 0.1) is 9.40 Å². The van der Waals surface area contributed by atoms with Crippen LogP contribution in [0, 0.1) is 21.8 Å². The lowest BCUT2D eigenvalue weighted by Gasteiger charge is -2.21. The molecular weight excluding hydrogens is 335 g/mol. The lowest BCUT2D eigenvalue weighted by Crippen LogP contribution is -2.28. The van der Waals surface area contributed by atoms with Crippen molar-refractivity contribution < 1.29 is 18.8 Å². The second-order valence-electron chi connectivity index (χ2n) is 4.39. The van der Waals surface area contributed by atoms with Crippen LogP contribution in [0.3, 0.4) is 0 Å². The monoisotopic (exact) mass is 346 g/mol. The molecule has 0 unspecified atom stereocenters. The number of carbonyl (C=O) groups excluding carboxylic acids is 1. The van der Waals surface area contributed by atoms with Crippen molar-refractivity contribution in [2.24, 2.45) is 5.92 Å². The molecule has 2 rings (SSSR count). The van der Waals surface area contributed by atoms with Gasteiger partial charge in [0.1, 0.15) is 5.69 Å². The van der Waals surface area contributed by atoms with E-state index in [2.05, 4.69) is 21.2 Å². The molecule has 0 aromatic heterocycles. The third kappa shape index (κ3) is 3.13. The Morgan fingerprint density at radius 3 is 2.70 bits per heavy atom. The highest BCUT2D eigenvalue weighted by Crippen LogP contribution is 2.33. The third-order valence-electron chi connectivity index (χ3n) is 3.10. The molecule has 20 heavy (non-hydrogen) atoms. The van der Waals surface area contributed by atoms with Crippen molar-refractivity contribution in [1.82, 2.24) is 0 Å². The van der Waals surface area contributed by atoms with Crippen molar-refractivity contribution >= 4 is 33.2 Å². The lowest BCUT2D eigenvalue weighted by atomic mass is 9.99. The zero-order valence-electron chi connectivity index (χ0n) is 10.4. The number of hydrogen-bond acceptors (Lipinski definition) is 4. The van der Waals surface area contributed by atoms with E-state index in [0.717, 1.165) is 0 Å². The van der Waals surface area contributed by atoms with Crippen molar-refractivity contribution in [3.63, 3.8) is 0 Å². The number of rotatable bonds is 3. The number of hydrogen-bond donors (Lipinski definition) is 1. The molecule has 1 heterocycles. The van der Waals surface area contributed by atoms with Crippen molar-refractivity contribution in [2.45, 2.75) is 12.8 Å². The molecule has 1 aromatic carbocycles. The summed E-state index contributed by atoms with van der Waals surface area (Å²) in [4.78, 5) is 22.1. The molecule has 1 fully saturated rings. The fourth-order valence-electron chi connectivity index (χ4n) is 2.01. The molecule has 1 amide bonds. The smallest absolute Gasteiger partial charge is 0.329 e. The van der Waals surface area contributed by atoms with E-state index in [0.29, 0.717) is 26.1 Å². The highest BCUT2D eigenvalue weighted by Gasteiger charge is 2.27. The number of benzene rings is 1. The molecule has 1 aliphatic rings. The Bertz CT molecular complexity index is 547. The van der Waals surface area contributed by atoms with Gasteiger partial charge in [0.25, 0.3) is 0 Å². The van der Waals surface area contributed by atoms with Crippen LogP contribution in [0.4, 0.5) is 15.8 Å². The van der Waals surface area contributed by atoms with Gasteiger partial charge in [-0.3, -0.25) is 14.9 Å². The van der Waals surface area contributed by atoms with Crippen LogP contribution < -0.4 is 5.32 Å². The molecule has 0 atom stereocenters. The molecule has 0 spiro atoms. The van der Waals surface area contributed by atoms with Crippen LogP contribution in [0.15, 0.2) is 16.6 Å². The van der Waals surface area contributed by atoms with Crippen LogP contribution in [-0.2, 0) is 9.53 Å². The largest absolute Gasteiger partial charge is 0.381 e. The first-order valence-corrected chi connectivity index (χ1v) is 6.81. The van der Waals surface area contributed by atoms with E-state index >= 15 is 0 Å². The first-order chi connectivity index (χ1) is 9.50. The minimum absolute atomic E-state index is 0.0201. The minimum atomic E-state index is -1.00. The predicted octanol–water partition coefficient (Wildman–Crippen LogP) is 2.86. The van der Waals surface area contributed by atoms with Crippen molar-refractivity contribution in [1.29, 1.82) is 0 Å². The highest BCUT2D eigenvalue weighted by molar-refractivity contribution is 9.10. The summed E-state index contributed by atoms with van der Waals surface area (Å²) in [5.74, 6) is -1.62. The summed E-state index contributed by atoms with van der Waals surface area (Å²) in [6, 6.07) is 2.63. The van der Waals surface area contributed by atoms with Crippen molar-refractivity contribution in [3.8, 4) is 0 Å². The Morgan fingerprint density at radius 1 is 1.45 bits per heavy atom. The van der Waals surface area contributed by atoms with Gasteiger partial charge in [0.15, 0.2) is 0 Å². The summed E-state index contributed by atoms with van der Waals surface area (Å²) in [6.07, 6.45) is 1.11. The number of nitro groups is 1. The number of anilines is 1. The van der Waals surface area contributed by atoms with Crippen LogP contribution >= 0.6 is 15.9 Å². The molecular formula is C12H12BrFN2O4. The molecule has 1 saturated heterocycles. The molecule has 108 valence electrons. The van der Waals surface area contributed by atoms with Crippen LogP contribution in [0.25, 0.3) is 0 Å². The topological polar surface area (TPSA) is 81.5 Å². The van der Waals surface area contributed by atoms with Crippen LogP contribution in [-0.4, -0.2) is 24.0 Å². The maximum absolute atomic E-state index is 13.7. The van der Waals surface area contributed by atoms with Gasteiger partial charge < -0.3 is 10.1 Å². The maximum Gasteiger partial charge on any atom is 0.329 e. The average molecular weight is 347 g/mol. The first-order valence-electron chi connectivity index (χ1n) is 6.01. The SMILES string of the molecule is O=C(Nc1ccc(Br)c(F)c1[N+](=O)[O-])C1CCOCC1. The molecule has 0 saturated carbocycles. The molecule has 0 aliphatic carbocycles. The lowest BCUT2D eigenvalue weighted by molar-refractivity contribution is -0.386. The summed E-state index contributed by atoms with van der Waals surface area (Å²) in [5.41, 5.74) is -0.869. The number of amides is 1. The minimum Gasteiger partial charge on any atom is -0.381 e. The van der Waals surface area contributed by atoms with E-state index in [1.54, 1.807) is 0 Å². The summed E-state index contributed by atoms with van der Waals surface area (Å²) in [5, 5.41) is 13.4. The number of halogens is 2. The zero-order chi connectivity index (χ0) is 14.7. The van der Waals surface area contributed by atoms with E-state index in [9.17, 15) is 19.3 Å². The highest BCUT2D eigenvalue weighted by atomic mass is 79.9. The molecule has 1 aliphatic heterocycles. The Balaban J connectivity index is 2.22. The molecule has 0 bridgehead atoms. The number of carbonyl (C=O) groups is 1. The number of nitrogens with one attached hydrogen (secondary N) is 1. The average Bonchev–Trinajstić information content (AvgIpc) is 2.43. The van der Waals surface area contributed by atoms with Crippen LogP contribution in [0.5, 0.6) is 0 Å². The zero-order valence-corrected chi connectivity index (χ0v) is 12.0. The van der Waals surface area contributed by atoms with Crippen molar-refractivity contribution in [2.75, 3.05) is 18.5 Å². The summed E-state index contributed by atoms with van der Waals surface area (Å²) in [6.45, 7) is 0.962. The van der Waals surface area contributed by atoms with Gasteiger partial charge in [-0.25, -0.2) is 0 Å². The van der Waals surface area contributed by atoms with Crippen LogP contribution in [0.1, 0.15) is 12.8 Å². The molecule has 8 heteroatoms. The Labute approximate surface area is 122 Å². The van der Waals surface area contributed by atoms with Gasteiger partial charge in [0.2, 0.25) is 11.7 Å². The van der Waals surface area contributed by atoms with E-state index in [1.165, 1.54) is 12.1 Å². The third-order valence-corrected chi connectivity index (χ3v) is 3.71. The quantitative estimate of drug-likeness (QED) is 0.673. The standard InChI is InChI=1S/C12H12BrFN2O4/c13-8-1-2-9(11(10(8)14)16(18)19)15-12(17)7-3-5-20-6-4-7/h1-2,7H,3-6H2,(H,15,17). The molecule has 6 nitrogen and oxygen atoms in total.